The number of rotatable bonds is 8. The van der Waals surface area contributed by atoms with Crippen molar-refractivity contribution in [1.82, 2.24) is 14.6 Å². The first-order valence-electron chi connectivity index (χ1n) is 14.0. The third-order valence-corrected chi connectivity index (χ3v) is 8.48. The minimum atomic E-state index is -0.203. The number of H-pyrrole nitrogens is 1. The smallest absolute Gasteiger partial charge is 0.270 e. The van der Waals surface area contributed by atoms with E-state index in [1.54, 1.807) is 28.8 Å². The van der Waals surface area contributed by atoms with Crippen LogP contribution < -0.4 is 10.2 Å². The fraction of sp³-hybridized carbons (Fsp3) is 0.147. The number of nitrogens with zero attached hydrogens (tertiary/aromatic N) is 3. The Balaban J connectivity index is 1.29. The molecule has 0 aliphatic carbocycles. The SMILES string of the molecule is COc1ccc(N=C2SC(=Cc3cc(C)n(NC(=O)c4ccccc4)c3C)C(=O)N2CCc2c[nH]c3ccccc23)cc1. The number of hydrogen-bond donors (Lipinski definition) is 2. The van der Waals surface area contributed by atoms with Crippen LogP contribution in [0.2, 0.25) is 0 Å². The Morgan fingerprint density at radius 2 is 1.77 bits per heavy atom. The average molecular weight is 590 g/mol. The maximum atomic E-state index is 13.9. The molecular weight excluding hydrogens is 558 g/mol. The molecular formula is C34H31N5O3S. The number of nitrogens with one attached hydrogen (secondary N) is 2. The minimum Gasteiger partial charge on any atom is -0.497 e. The van der Waals surface area contributed by atoms with Gasteiger partial charge in [-0.1, -0.05) is 36.4 Å². The minimum absolute atomic E-state index is 0.102. The van der Waals surface area contributed by atoms with Crippen molar-refractivity contribution in [1.29, 1.82) is 0 Å². The molecule has 3 heterocycles. The second kappa shape index (κ2) is 12.1. The number of aliphatic imine (C=N–C) groups is 1. The van der Waals surface area contributed by atoms with Crippen LogP contribution in [0.25, 0.3) is 17.0 Å². The van der Waals surface area contributed by atoms with Gasteiger partial charge in [0.15, 0.2) is 5.17 Å². The van der Waals surface area contributed by atoms with Crippen molar-refractivity contribution < 1.29 is 14.3 Å². The molecule has 1 saturated heterocycles. The molecule has 6 rings (SSSR count). The van der Waals surface area contributed by atoms with Gasteiger partial charge in [-0.15, -0.1) is 0 Å². The van der Waals surface area contributed by atoms with Crippen LogP contribution in [0.4, 0.5) is 5.69 Å². The van der Waals surface area contributed by atoms with Gasteiger partial charge >= 0.3 is 0 Å². The molecule has 3 aromatic carbocycles. The highest BCUT2D eigenvalue weighted by Crippen LogP contribution is 2.35. The summed E-state index contributed by atoms with van der Waals surface area (Å²) in [4.78, 5) is 37.2. The summed E-state index contributed by atoms with van der Waals surface area (Å²) >= 11 is 1.35. The summed E-state index contributed by atoms with van der Waals surface area (Å²) in [6.45, 7) is 4.33. The number of hydrogen-bond acceptors (Lipinski definition) is 5. The van der Waals surface area contributed by atoms with Gasteiger partial charge in [-0.25, -0.2) is 4.99 Å². The lowest BCUT2D eigenvalue weighted by Gasteiger charge is -2.15. The quantitative estimate of drug-likeness (QED) is 0.194. The van der Waals surface area contributed by atoms with Crippen LogP contribution in [0.1, 0.15) is 32.9 Å². The van der Waals surface area contributed by atoms with E-state index in [9.17, 15) is 9.59 Å². The predicted molar refractivity (Wildman–Crippen MR) is 173 cm³/mol. The third kappa shape index (κ3) is 5.85. The Morgan fingerprint density at radius 3 is 2.53 bits per heavy atom. The zero-order chi connectivity index (χ0) is 29.9. The lowest BCUT2D eigenvalue weighted by molar-refractivity contribution is -0.122. The molecule has 43 heavy (non-hydrogen) atoms. The third-order valence-electron chi connectivity index (χ3n) is 7.47. The van der Waals surface area contributed by atoms with Crippen LogP contribution in [-0.4, -0.2) is 45.2 Å². The molecule has 1 fully saturated rings. The molecule has 5 aromatic rings. The number of aryl methyl sites for hydroxylation is 1. The highest BCUT2D eigenvalue weighted by Gasteiger charge is 2.33. The molecule has 0 saturated carbocycles. The van der Waals surface area contributed by atoms with Crippen LogP contribution in [-0.2, 0) is 11.2 Å². The highest BCUT2D eigenvalue weighted by atomic mass is 32.2. The van der Waals surface area contributed by atoms with E-state index < -0.39 is 0 Å². The molecule has 2 aromatic heterocycles. The fourth-order valence-electron chi connectivity index (χ4n) is 5.13. The Kier molecular flexibility index (Phi) is 7.89. The molecule has 216 valence electrons. The zero-order valence-corrected chi connectivity index (χ0v) is 24.9. The summed E-state index contributed by atoms with van der Waals surface area (Å²) in [5.41, 5.74) is 9.02. The molecule has 9 heteroatoms. The number of para-hydroxylation sites is 1. The maximum absolute atomic E-state index is 13.9. The topological polar surface area (TPSA) is 91.7 Å². The lowest BCUT2D eigenvalue weighted by Crippen LogP contribution is -2.31. The second-order valence-corrected chi connectivity index (χ2v) is 11.2. The van der Waals surface area contributed by atoms with Gasteiger partial charge < -0.3 is 9.72 Å². The van der Waals surface area contributed by atoms with Gasteiger partial charge in [0, 0.05) is 40.6 Å². The van der Waals surface area contributed by atoms with Crippen LogP contribution in [0, 0.1) is 13.8 Å². The van der Waals surface area contributed by atoms with E-state index in [0.29, 0.717) is 28.6 Å². The molecule has 0 radical (unpaired) electrons. The number of thioether (sulfide) groups is 1. The van der Waals surface area contributed by atoms with Crippen LogP contribution in [0.5, 0.6) is 5.75 Å². The number of methoxy groups -OCH3 is 1. The summed E-state index contributed by atoms with van der Waals surface area (Å²) in [7, 11) is 1.62. The first-order valence-corrected chi connectivity index (χ1v) is 14.8. The molecule has 8 nitrogen and oxygen atoms in total. The normalized spacial score (nSPS) is 15.1. The van der Waals surface area contributed by atoms with Crippen LogP contribution in [0.3, 0.4) is 0 Å². The Hall–Kier alpha value is -5.02. The van der Waals surface area contributed by atoms with E-state index in [-0.39, 0.29) is 11.8 Å². The molecule has 0 bridgehead atoms. The van der Waals surface area contributed by atoms with Crippen molar-refractivity contribution in [2.45, 2.75) is 20.3 Å². The van der Waals surface area contributed by atoms with Gasteiger partial charge in [0.2, 0.25) is 0 Å². The number of benzene rings is 3. The Labute approximate surface area is 254 Å². The number of amides is 2. The number of carbonyl (C=O) groups is 2. The van der Waals surface area contributed by atoms with Crippen molar-refractivity contribution in [3.8, 4) is 5.75 Å². The van der Waals surface area contributed by atoms with E-state index in [0.717, 1.165) is 44.9 Å². The second-order valence-electron chi connectivity index (χ2n) is 10.2. The van der Waals surface area contributed by atoms with E-state index in [2.05, 4.69) is 16.5 Å². The standard InChI is InChI=1S/C34H31N5O3S/c1-22-19-26(23(2)39(22)37-32(40)24-9-5-4-6-10-24)20-31-33(41)38(18-17-25-21-35-30-12-8-7-11-29(25)30)34(43-31)36-27-13-15-28(42-3)16-14-27/h4-16,19-21,35H,17-18H2,1-3H3,(H,37,40). The van der Waals surface area contributed by atoms with Crippen molar-refractivity contribution in [3.63, 3.8) is 0 Å². The zero-order valence-electron chi connectivity index (χ0n) is 24.1. The highest BCUT2D eigenvalue weighted by molar-refractivity contribution is 8.18. The Morgan fingerprint density at radius 1 is 1.02 bits per heavy atom. The average Bonchev–Trinajstić information content (AvgIpc) is 3.66. The summed E-state index contributed by atoms with van der Waals surface area (Å²) in [6.07, 6.45) is 4.56. The molecule has 1 aliphatic heterocycles. The van der Waals surface area contributed by atoms with Gasteiger partial charge in [0.25, 0.3) is 11.8 Å². The number of aromatic nitrogens is 2. The summed E-state index contributed by atoms with van der Waals surface area (Å²) in [5, 5.41) is 1.77. The van der Waals surface area contributed by atoms with Gasteiger partial charge in [-0.2, -0.15) is 0 Å². The van der Waals surface area contributed by atoms with Gasteiger partial charge in [-0.05, 0) is 97.8 Å². The van der Waals surface area contributed by atoms with Crippen molar-refractivity contribution in [3.05, 3.63) is 124 Å². The first kappa shape index (κ1) is 28.1. The van der Waals surface area contributed by atoms with Gasteiger partial charge in [0.1, 0.15) is 5.75 Å². The van der Waals surface area contributed by atoms with Gasteiger partial charge in [-0.3, -0.25) is 24.6 Å². The number of fused-ring (bicyclic) bond motifs is 1. The number of aromatic amines is 1. The van der Waals surface area contributed by atoms with E-state index in [1.807, 2.05) is 92.9 Å². The first-order chi connectivity index (χ1) is 20.9. The largest absolute Gasteiger partial charge is 0.497 e. The van der Waals surface area contributed by atoms with E-state index in [4.69, 9.17) is 9.73 Å². The fourth-order valence-corrected chi connectivity index (χ4v) is 6.14. The van der Waals surface area contributed by atoms with Crippen LogP contribution >= 0.6 is 11.8 Å². The van der Waals surface area contributed by atoms with E-state index >= 15 is 0 Å². The van der Waals surface area contributed by atoms with Crippen molar-refractivity contribution in [2.24, 2.45) is 4.99 Å². The number of carbonyl (C=O) groups excluding carboxylic acids is 2. The number of ether oxygens (including phenoxy) is 1. The molecule has 0 atom stereocenters. The molecule has 2 N–H and O–H groups in total. The molecule has 0 spiro atoms. The van der Waals surface area contributed by atoms with Crippen molar-refractivity contribution >= 4 is 51.4 Å². The predicted octanol–water partition coefficient (Wildman–Crippen LogP) is 6.83. The molecule has 2 amide bonds. The van der Waals surface area contributed by atoms with E-state index in [1.165, 1.54) is 11.8 Å². The number of amidine groups is 1. The monoisotopic (exact) mass is 589 g/mol. The maximum Gasteiger partial charge on any atom is 0.270 e. The molecule has 1 aliphatic rings. The lowest BCUT2D eigenvalue weighted by atomic mass is 10.1. The summed E-state index contributed by atoms with van der Waals surface area (Å²) in [5.74, 6) is 0.436. The van der Waals surface area contributed by atoms with Gasteiger partial charge in [0.05, 0.1) is 17.7 Å². The van der Waals surface area contributed by atoms with Crippen molar-refractivity contribution in [2.75, 3.05) is 19.1 Å². The van der Waals surface area contributed by atoms with Crippen LogP contribution in [0.15, 0.2) is 101 Å². The summed E-state index contributed by atoms with van der Waals surface area (Å²) in [6, 6.07) is 26.7. The molecule has 0 unspecified atom stereocenters. The Bertz CT molecular complexity index is 1870. The summed E-state index contributed by atoms with van der Waals surface area (Å²) < 4.78 is 7.05.